The topological polar surface area (TPSA) is 87.3 Å². The molecule has 2 N–H and O–H groups in total. The minimum absolute atomic E-state index is 0.0851. The van der Waals surface area contributed by atoms with Crippen LogP contribution in [0.3, 0.4) is 0 Å². The van der Waals surface area contributed by atoms with Crippen LogP contribution in [0.15, 0.2) is 67.0 Å². The third-order valence-corrected chi connectivity index (χ3v) is 7.08. The van der Waals surface area contributed by atoms with Gasteiger partial charge in [0.1, 0.15) is 11.2 Å². The number of thiophene rings is 1. The molecule has 5 heterocycles. The van der Waals surface area contributed by atoms with Crippen LogP contribution in [-0.2, 0) is 0 Å². The van der Waals surface area contributed by atoms with E-state index in [0.717, 1.165) is 65.5 Å². The number of fused-ring (bicyclic) bond motifs is 2. The van der Waals surface area contributed by atoms with Gasteiger partial charge in [-0.1, -0.05) is 12.1 Å². The molecule has 0 amide bonds. The maximum atomic E-state index is 11.8. The highest BCUT2D eigenvalue weighted by atomic mass is 32.1. The van der Waals surface area contributed by atoms with Gasteiger partial charge < -0.3 is 4.98 Å². The summed E-state index contributed by atoms with van der Waals surface area (Å²) in [5.74, 6) is 0.0851. The van der Waals surface area contributed by atoms with Crippen molar-refractivity contribution < 1.29 is 4.79 Å². The molecular formula is C26H19N5OS. The van der Waals surface area contributed by atoms with Gasteiger partial charge in [-0.25, -0.2) is 4.98 Å². The average molecular weight is 450 g/mol. The first-order chi connectivity index (χ1) is 16.1. The Hall–Kier alpha value is -4.10. The normalized spacial score (nSPS) is 11.5. The van der Waals surface area contributed by atoms with Gasteiger partial charge >= 0.3 is 0 Å². The first-order valence-corrected chi connectivity index (χ1v) is 11.4. The summed E-state index contributed by atoms with van der Waals surface area (Å²) < 4.78 is 0. The molecule has 6 rings (SSSR count). The van der Waals surface area contributed by atoms with Crippen molar-refractivity contribution in [1.82, 2.24) is 25.1 Å². The van der Waals surface area contributed by atoms with Gasteiger partial charge in [-0.3, -0.25) is 14.9 Å². The lowest BCUT2D eigenvalue weighted by Gasteiger charge is -2.04. The second kappa shape index (κ2) is 7.50. The number of H-pyrrole nitrogens is 2. The zero-order valence-electron chi connectivity index (χ0n) is 18.0. The summed E-state index contributed by atoms with van der Waals surface area (Å²) in [6.45, 7) is 3.65. The molecule has 0 aliphatic rings. The first-order valence-electron chi connectivity index (χ1n) is 10.6. The van der Waals surface area contributed by atoms with Crippen LogP contribution < -0.4 is 0 Å². The van der Waals surface area contributed by atoms with Gasteiger partial charge in [0.2, 0.25) is 0 Å². The second-order valence-electron chi connectivity index (χ2n) is 8.03. The van der Waals surface area contributed by atoms with Crippen molar-refractivity contribution in [3.63, 3.8) is 0 Å². The van der Waals surface area contributed by atoms with E-state index in [4.69, 9.17) is 4.98 Å². The molecule has 6 aromatic rings. The Kier molecular flexibility index (Phi) is 4.45. The van der Waals surface area contributed by atoms with E-state index in [0.29, 0.717) is 0 Å². The molecule has 5 aromatic heterocycles. The largest absolute Gasteiger partial charge is 0.353 e. The van der Waals surface area contributed by atoms with E-state index >= 15 is 0 Å². The number of nitrogens with one attached hydrogen (secondary N) is 2. The van der Waals surface area contributed by atoms with Crippen LogP contribution in [0.2, 0.25) is 0 Å². The molecule has 0 saturated heterocycles. The van der Waals surface area contributed by atoms with Crippen LogP contribution in [0.5, 0.6) is 0 Å². The number of ketones is 1. The molecule has 0 saturated carbocycles. The third-order valence-electron chi connectivity index (χ3n) is 5.86. The van der Waals surface area contributed by atoms with Gasteiger partial charge in [-0.2, -0.15) is 5.10 Å². The molecule has 0 aliphatic heterocycles. The molecule has 0 radical (unpaired) electrons. The minimum atomic E-state index is 0.0851. The van der Waals surface area contributed by atoms with Gasteiger partial charge in [-0.05, 0) is 61.9 Å². The Balaban J connectivity index is 1.49. The Labute approximate surface area is 193 Å². The van der Waals surface area contributed by atoms with Gasteiger partial charge in [0.25, 0.3) is 0 Å². The van der Waals surface area contributed by atoms with E-state index in [9.17, 15) is 4.79 Å². The number of pyridine rings is 2. The Morgan fingerprint density at radius 2 is 1.91 bits per heavy atom. The molecule has 7 heteroatoms. The van der Waals surface area contributed by atoms with Crippen LogP contribution in [0, 0.1) is 6.92 Å². The second-order valence-corrected chi connectivity index (χ2v) is 9.11. The number of aromatic nitrogens is 5. The highest BCUT2D eigenvalue weighted by Gasteiger charge is 2.16. The van der Waals surface area contributed by atoms with Crippen molar-refractivity contribution in [2.24, 2.45) is 0 Å². The fraction of sp³-hybridized carbons (Fsp3) is 0.0769. The summed E-state index contributed by atoms with van der Waals surface area (Å²) in [5.41, 5.74) is 8.43. The number of carbonyl (C=O) groups excluding carboxylic acids is 1. The lowest BCUT2D eigenvalue weighted by atomic mass is 10.1. The fourth-order valence-electron chi connectivity index (χ4n) is 4.14. The summed E-state index contributed by atoms with van der Waals surface area (Å²) in [4.78, 5) is 26.3. The van der Waals surface area contributed by atoms with Crippen molar-refractivity contribution in [2.45, 2.75) is 13.8 Å². The SMILES string of the molecule is CC(=O)c1ccc(-c2cccc3[nH]c(-c4n[nH]c5ccc(-c6cnccc6C)nc45)cc23)s1. The van der Waals surface area contributed by atoms with Crippen LogP contribution >= 0.6 is 11.3 Å². The van der Waals surface area contributed by atoms with Crippen molar-refractivity contribution in [2.75, 3.05) is 0 Å². The van der Waals surface area contributed by atoms with E-state index in [1.807, 2.05) is 42.6 Å². The van der Waals surface area contributed by atoms with Crippen molar-refractivity contribution in [1.29, 1.82) is 0 Å². The van der Waals surface area contributed by atoms with Crippen molar-refractivity contribution in [3.8, 4) is 33.1 Å². The summed E-state index contributed by atoms with van der Waals surface area (Å²) in [6, 6.07) is 18.1. The third kappa shape index (κ3) is 3.25. The molecule has 0 aliphatic carbocycles. The van der Waals surface area contributed by atoms with Crippen LogP contribution in [0.25, 0.3) is 55.0 Å². The Bertz CT molecular complexity index is 1670. The van der Waals surface area contributed by atoms with E-state index in [1.54, 1.807) is 13.1 Å². The quantitative estimate of drug-likeness (QED) is 0.305. The number of aromatic amines is 2. The summed E-state index contributed by atoms with van der Waals surface area (Å²) in [6.07, 6.45) is 3.63. The first kappa shape index (κ1) is 19.6. The average Bonchev–Trinajstić information content (AvgIpc) is 3.56. The zero-order chi connectivity index (χ0) is 22.5. The fourth-order valence-corrected chi connectivity index (χ4v) is 5.08. The lowest BCUT2D eigenvalue weighted by molar-refractivity contribution is 0.102. The lowest BCUT2D eigenvalue weighted by Crippen LogP contribution is -1.89. The van der Waals surface area contributed by atoms with Gasteiger partial charge in [-0.15, -0.1) is 11.3 Å². The monoisotopic (exact) mass is 449 g/mol. The summed E-state index contributed by atoms with van der Waals surface area (Å²) >= 11 is 1.52. The van der Waals surface area contributed by atoms with Crippen molar-refractivity contribution in [3.05, 3.63) is 77.4 Å². The number of rotatable bonds is 4. The molecule has 0 spiro atoms. The van der Waals surface area contributed by atoms with E-state index in [-0.39, 0.29) is 5.78 Å². The Morgan fingerprint density at radius 1 is 1.00 bits per heavy atom. The molecule has 6 nitrogen and oxygen atoms in total. The smallest absolute Gasteiger partial charge is 0.169 e. The summed E-state index contributed by atoms with van der Waals surface area (Å²) in [5, 5.41) is 8.76. The number of hydrogen-bond acceptors (Lipinski definition) is 5. The molecule has 1 aromatic carbocycles. The van der Waals surface area contributed by atoms with E-state index < -0.39 is 0 Å². The molecule has 0 fully saturated rings. The molecule has 0 bridgehead atoms. The highest BCUT2D eigenvalue weighted by Crippen LogP contribution is 2.37. The van der Waals surface area contributed by atoms with Gasteiger partial charge in [0.15, 0.2) is 5.78 Å². The van der Waals surface area contributed by atoms with Crippen LogP contribution in [0.4, 0.5) is 0 Å². The van der Waals surface area contributed by atoms with E-state index in [2.05, 4.69) is 45.3 Å². The predicted molar refractivity (Wildman–Crippen MR) is 132 cm³/mol. The predicted octanol–water partition coefficient (Wildman–Crippen LogP) is 6.41. The number of nitrogens with zero attached hydrogens (tertiary/aromatic N) is 3. The maximum absolute atomic E-state index is 11.8. The number of aryl methyl sites for hydroxylation is 1. The van der Waals surface area contributed by atoms with Gasteiger partial charge in [0, 0.05) is 39.3 Å². The molecule has 160 valence electrons. The number of hydrogen-bond donors (Lipinski definition) is 2. The highest BCUT2D eigenvalue weighted by molar-refractivity contribution is 7.17. The van der Waals surface area contributed by atoms with Crippen molar-refractivity contribution >= 4 is 39.1 Å². The molecule has 0 unspecified atom stereocenters. The number of Topliss-reactive ketones (excluding diaryl/α,β-unsaturated/α-hetero) is 1. The minimum Gasteiger partial charge on any atom is -0.353 e. The van der Waals surface area contributed by atoms with E-state index in [1.165, 1.54) is 11.3 Å². The zero-order valence-corrected chi connectivity index (χ0v) is 18.8. The molecule has 33 heavy (non-hydrogen) atoms. The van der Waals surface area contributed by atoms with Crippen LogP contribution in [0.1, 0.15) is 22.2 Å². The van der Waals surface area contributed by atoms with Gasteiger partial charge in [0.05, 0.1) is 21.8 Å². The number of carbonyl (C=O) groups is 1. The standard InChI is InChI=1S/C26H19N5OS/c1-14-10-11-27-13-18(14)20-6-7-21-25(29-20)26(31-30-21)22-12-17-16(4-3-5-19(17)28-22)24-9-8-23(33-24)15(2)32/h3-13,28H,1-2H3,(H,30,31). The molecular weight excluding hydrogens is 430 g/mol. The maximum Gasteiger partial charge on any atom is 0.169 e. The molecule has 0 atom stereocenters. The Morgan fingerprint density at radius 3 is 2.73 bits per heavy atom. The van der Waals surface area contributed by atoms with Crippen LogP contribution in [-0.4, -0.2) is 30.9 Å². The number of benzene rings is 1. The summed E-state index contributed by atoms with van der Waals surface area (Å²) in [7, 11) is 0.